The number of aryl methyl sites for hydroxylation is 1. The Bertz CT molecular complexity index is 739. The zero-order chi connectivity index (χ0) is 16.9. The molecule has 0 saturated carbocycles. The highest BCUT2D eigenvalue weighted by Crippen LogP contribution is 2.25. The minimum absolute atomic E-state index is 0.147. The normalized spacial score (nSPS) is 16.2. The molecule has 5 heteroatoms. The average molecular weight is 325 g/mol. The molecular weight excluding hydrogens is 306 g/mol. The van der Waals surface area contributed by atoms with Crippen LogP contribution in [0.5, 0.6) is 0 Å². The lowest BCUT2D eigenvalue weighted by molar-refractivity contribution is 0.0142. The Balaban J connectivity index is 1.48. The number of carboxylic acids is 1. The number of carboxylic acid groups (broad SMARTS) is 1. The maximum atomic E-state index is 12.0. The average Bonchev–Trinajstić information content (AvgIpc) is 2.61. The molecule has 1 atom stereocenters. The SMILES string of the molecule is O=C(O)c1ccc(C(=O)NOCC2CCc3ccccc3C2)cc1. The zero-order valence-corrected chi connectivity index (χ0v) is 13.2. The van der Waals surface area contributed by atoms with E-state index in [1.54, 1.807) is 0 Å². The van der Waals surface area contributed by atoms with Gasteiger partial charge in [0.05, 0.1) is 12.2 Å². The van der Waals surface area contributed by atoms with Crippen LogP contribution in [0.2, 0.25) is 0 Å². The van der Waals surface area contributed by atoms with Crippen molar-refractivity contribution in [2.45, 2.75) is 19.3 Å². The quantitative estimate of drug-likeness (QED) is 0.829. The molecule has 0 saturated heterocycles. The van der Waals surface area contributed by atoms with Crippen LogP contribution in [-0.4, -0.2) is 23.6 Å². The second-order valence-corrected chi connectivity index (χ2v) is 6.00. The van der Waals surface area contributed by atoms with Crippen LogP contribution in [0, 0.1) is 5.92 Å². The van der Waals surface area contributed by atoms with Crippen molar-refractivity contribution >= 4 is 11.9 Å². The summed E-state index contributed by atoms with van der Waals surface area (Å²) in [5.41, 5.74) is 5.70. The van der Waals surface area contributed by atoms with E-state index in [0.29, 0.717) is 18.1 Å². The molecule has 3 rings (SSSR count). The number of carbonyl (C=O) groups excluding carboxylic acids is 1. The summed E-state index contributed by atoms with van der Waals surface area (Å²) in [7, 11) is 0. The summed E-state index contributed by atoms with van der Waals surface area (Å²) in [6.45, 7) is 0.466. The van der Waals surface area contributed by atoms with Gasteiger partial charge in [-0.15, -0.1) is 0 Å². The first-order valence-electron chi connectivity index (χ1n) is 7.96. The van der Waals surface area contributed by atoms with Crippen LogP contribution in [0.15, 0.2) is 48.5 Å². The highest BCUT2D eigenvalue weighted by atomic mass is 16.6. The summed E-state index contributed by atoms with van der Waals surface area (Å²) >= 11 is 0. The molecule has 1 amide bonds. The van der Waals surface area contributed by atoms with E-state index in [4.69, 9.17) is 9.94 Å². The predicted octanol–water partition coefficient (Wildman–Crippen LogP) is 2.85. The van der Waals surface area contributed by atoms with Crippen molar-refractivity contribution in [3.63, 3.8) is 0 Å². The lowest BCUT2D eigenvalue weighted by Gasteiger charge is -2.24. The molecule has 0 fully saturated rings. The molecule has 1 aliphatic rings. The van der Waals surface area contributed by atoms with Crippen LogP contribution in [-0.2, 0) is 17.7 Å². The fraction of sp³-hybridized carbons (Fsp3) is 0.263. The van der Waals surface area contributed by atoms with E-state index >= 15 is 0 Å². The van der Waals surface area contributed by atoms with E-state index < -0.39 is 5.97 Å². The molecule has 0 aromatic heterocycles. The van der Waals surface area contributed by atoms with E-state index in [-0.39, 0.29) is 11.5 Å². The highest BCUT2D eigenvalue weighted by molar-refractivity contribution is 5.95. The van der Waals surface area contributed by atoms with Crippen molar-refractivity contribution < 1.29 is 19.5 Å². The number of carbonyl (C=O) groups is 2. The van der Waals surface area contributed by atoms with Crippen molar-refractivity contribution in [2.24, 2.45) is 5.92 Å². The fourth-order valence-electron chi connectivity index (χ4n) is 2.96. The maximum Gasteiger partial charge on any atom is 0.335 e. The summed E-state index contributed by atoms with van der Waals surface area (Å²) in [6.07, 6.45) is 3.04. The Labute approximate surface area is 140 Å². The van der Waals surface area contributed by atoms with E-state index in [9.17, 15) is 9.59 Å². The van der Waals surface area contributed by atoms with Crippen molar-refractivity contribution in [3.8, 4) is 0 Å². The molecule has 0 heterocycles. The highest BCUT2D eigenvalue weighted by Gasteiger charge is 2.19. The second kappa shape index (κ2) is 7.27. The first-order chi connectivity index (χ1) is 11.6. The van der Waals surface area contributed by atoms with E-state index in [2.05, 4.69) is 23.7 Å². The summed E-state index contributed by atoms with van der Waals surface area (Å²) in [4.78, 5) is 28.1. The van der Waals surface area contributed by atoms with Crippen LogP contribution < -0.4 is 5.48 Å². The minimum Gasteiger partial charge on any atom is -0.478 e. The molecule has 2 aromatic carbocycles. The van der Waals surface area contributed by atoms with Crippen LogP contribution >= 0.6 is 0 Å². The first kappa shape index (κ1) is 16.2. The smallest absolute Gasteiger partial charge is 0.335 e. The zero-order valence-electron chi connectivity index (χ0n) is 13.2. The van der Waals surface area contributed by atoms with Gasteiger partial charge >= 0.3 is 5.97 Å². The van der Waals surface area contributed by atoms with Crippen molar-refractivity contribution in [1.29, 1.82) is 0 Å². The molecule has 0 aliphatic heterocycles. The molecule has 2 aromatic rings. The van der Waals surface area contributed by atoms with Gasteiger partial charge in [0.2, 0.25) is 0 Å². The van der Waals surface area contributed by atoms with Gasteiger partial charge in [-0.25, -0.2) is 10.3 Å². The fourth-order valence-corrected chi connectivity index (χ4v) is 2.96. The number of fused-ring (bicyclic) bond motifs is 1. The number of amides is 1. The van der Waals surface area contributed by atoms with Crippen molar-refractivity contribution in [2.75, 3.05) is 6.61 Å². The number of nitrogens with one attached hydrogen (secondary N) is 1. The Kier molecular flexibility index (Phi) is 4.91. The van der Waals surface area contributed by atoms with Gasteiger partial charge in [-0.05, 0) is 60.6 Å². The monoisotopic (exact) mass is 325 g/mol. The third-order valence-corrected chi connectivity index (χ3v) is 4.33. The molecule has 0 bridgehead atoms. The number of hydroxylamine groups is 1. The van der Waals surface area contributed by atoms with Crippen molar-refractivity contribution in [1.82, 2.24) is 5.48 Å². The van der Waals surface area contributed by atoms with E-state index in [0.717, 1.165) is 19.3 Å². The van der Waals surface area contributed by atoms with Gasteiger partial charge in [0.15, 0.2) is 0 Å². The molecule has 5 nitrogen and oxygen atoms in total. The number of benzene rings is 2. The largest absolute Gasteiger partial charge is 0.478 e. The Morgan fingerprint density at radius 1 is 1.04 bits per heavy atom. The van der Waals surface area contributed by atoms with Gasteiger partial charge in [-0.3, -0.25) is 9.63 Å². The summed E-state index contributed by atoms with van der Waals surface area (Å²) in [5, 5.41) is 8.84. The van der Waals surface area contributed by atoms with Gasteiger partial charge in [0.25, 0.3) is 5.91 Å². The molecule has 0 radical (unpaired) electrons. The standard InChI is InChI=1S/C19H19NO4/c21-18(15-7-9-16(10-8-15)19(22)23)20-24-12-13-5-6-14-3-1-2-4-17(14)11-13/h1-4,7-10,13H,5-6,11-12H2,(H,20,21)(H,22,23). The number of hydrogen-bond acceptors (Lipinski definition) is 3. The van der Waals surface area contributed by atoms with Gasteiger partial charge in [0.1, 0.15) is 0 Å². The third kappa shape index (κ3) is 3.81. The molecule has 24 heavy (non-hydrogen) atoms. The topological polar surface area (TPSA) is 75.6 Å². The first-order valence-corrected chi connectivity index (χ1v) is 7.96. The van der Waals surface area contributed by atoms with Crippen LogP contribution in [0.1, 0.15) is 38.3 Å². The predicted molar refractivity (Wildman–Crippen MR) is 88.8 cm³/mol. The van der Waals surface area contributed by atoms with Gasteiger partial charge in [-0.2, -0.15) is 0 Å². The molecule has 0 spiro atoms. The van der Waals surface area contributed by atoms with Crippen LogP contribution in [0.3, 0.4) is 0 Å². The Morgan fingerprint density at radius 3 is 2.42 bits per heavy atom. The number of rotatable bonds is 5. The molecule has 2 N–H and O–H groups in total. The molecule has 1 unspecified atom stereocenters. The summed E-state index contributed by atoms with van der Waals surface area (Å²) < 4.78 is 0. The van der Waals surface area contributed by atoms with E-state index in [1.807, 2.05) is 6.07 Å². The maximum absolute atomic E-state index is 12.0. The summed E-state index contributed by atoms with van der Waals surface area (Å²) in [5.74, 6) is -1.01. The lowest BCUT2D eigenvalue weighted by Crippen LogP contribution is -2.28. The molecule has 124 valence electrons. The van der Waals surface area contributed by atoms with Crippen LogP contribution in [0.25, 0.3) is 0 Å². The number of aromatic carboxylic acids is 1. The Hall–Kier alpha value is -2.66. The minimum atomic E-state index is -1.02. The van der Waals surface area contributed by atoms with E-state index in [1.165, 1.54) is 35.4 Å². The second-order valence-electron chi connectivity index (χ2n) is 6.00. The van der Waals surface area contributed by atoms with Crippen LogP contribution in [0.4, 0.5) is 0 Å². The van der Waals surface area contributed by atoms with Gasteiger partial charge < -0.3 is 5.11 Å². The lowest BCUT2D eigenvalue weighted by atomic mass is 9.84. The summed E-state index contributed by atoms with van der Waals surface area (Å²) in [6, 6.07) is 14.2. The van der Waals surface area contributed by atoms with Crippen molar-refractivity contribution in [3.05, 3.63) is 70.8 Å². The molecule has 1 aliphatic carbocycles. The third-order valence-electron chi connectivity index (χ3n) is 4.33. The van der Waals surface area contributed by atoms with Gasteiger partial charge in [0, 0.05) is 5.56 Å². The molecular formula is C19H19NO4. The van der Waals surface area contributed by atoms with Gasteiger partial charge in [-0.1, -0.05) is 24.3 Å². The Morgan fingerprint density at radius 2 is 1.71 bits per heavy atom. The number of hydrogen-bond donors (Lipinski definition) is 2.